The number of esters is 1. The van der Waals surface area contributed by atoms with Crippen LogP contribution in [0.1, 0.15) is 32.4 Å². The van der Waals surface area contributed by atoms with Crippen LogP contribution in [-0.4, -0.2) is 26.1 Å². The van der Waals surface area contributed by atoms with Crippen LogP contribution < -0.4 is 15.0 Å². The number of carbonyl (C=O) groups is 2. The van der Waals surface area contributed by atoms with Crippen molar-refractivity contribution in [2.45, 2.75) is 6.17 Å². The number of fused-ring (bicyclic) bond motifs is 1. The molecule has 1 amide bonds. The molecule has 0 saturated carbocycles. The lowest BCUT2D eigenvalue weighted by Crippen LogP contribution is -2.43. The molecule has 0 spiro atoms. The number of carbonyl (C=O) groups excluding carboxylic acids is 2. The molecule has 1 atom stereocenters. The molecule has 0 aromatic heterocycles. The molecule has 30 heavy (non-hydrogen) atoms. The van der Waals surface area contributed by atoms with E-state index < -0.39 is 12.1 Å². The maximum absolute atomic E-state index is 13.5. The van der Waals surface area contributed by atoms with Gasteiger partial charge in [-0.3, -0.25) is 9.69 Å². The highest BCUT2D eigenvalue weighted by Crippen LogP contribution is 2.38. The molecule has 1 N–H and O–H groups in total. The molecule has 1 aliphatic rings. The first-order valence-electron chi connectivity index (χ1n) is 9.24. The second-order valence-electron chi connectivity index (χ2n) is 6.73. The van der Waals surface area contributed by atoms with E-state index in [0.717, 1.165) is 15.7 Å². The number of benzene rings is 3. The minimum atomic E-state index is -0.468. The first-order valence-corrected chi connectivity index (χ1v) is 10.0. The second-order valence-corrected chi connectivity index (χ2v) is 7.64. The molecule has 4 rings (SSSR count). The molecule has 0 bridgehead atoms. The summed E-state index contributed by atoms with van der Waals surface area (Å²) < 4.78 is 10.9. The van der Waals surface area contributed by atoms with Crippen LogP contribution in [0.3, 0.4) is 0 Å². The second kappa shape index (κ2) is 8.20. The standard InChI is InChI=1S/C23H19BrN2O4/c1-29-18-5-3-4-17(13-18)26-21(14-6-8-15(9-7-14)23(28)30-2)25-20-11-10-16(24)12-19(20)22(26)27/h3-13,21,25H,1-2H3. The third-order valence-corrected chi connectivity index (χ3v) is 5.45. The fourth-order valence-corrected chi connectivity index (χ4v) is 3.82. The van der Waals surface area contributed by atoms with Crippen molar-refractivity contribution in [3.8, 4) is 5.75 Å². The summed E-state index contributed by atoms with van der Waals surface area (Å²) in [6.07, 6.45) is -0.468. The van der Waals surface area contributed by atoms with Crippen LogP contribution in [0.5, 0.6) is 5.75 Å². The summed E-state index contributed by atoms with van der Waals surface area (Å²) in [6.45, 7) is 0. The van der Waals surface area contributed by atoms with Crippen molar-refractivity contribution in [3.05, 3.63) is 87.9 Å². The van der Waals surface area contributed by atoms with Crippen LogP contribution in [0.25, 0.3) is 0 Å². The summed E-state index contributed by atoms with van der Waals surface area (Å²) in [6, 6.07) is 19.9. The maximum Gasteiger partial charge on any atom is 0.337 e. The van der Waals surface area contributed by atoms with Crippen LogP contribution >= 0.6 is 15.9 Å². The van der Waals surface area contributed by atoms with Gasteiger partial charge in [-0.05, 0) is 48.0 Å². The SMILES string of the molecule is COC(=O)c1ccc(C2Nc3ccc(Br)cc3C(=O)N2c2cccc(OC)c2)cc1. The number of halogens is 1. The number of amides is 1. The Labute approximate surface area is 182 Å². The highest BCUT2D eigenvalue weighted by atomic mass is 79.9. The molecule has 0 fully saturated rings. The minimum Gasteiger partial charge on any atom is -0.497 e. The monoisotopic (exact) mass is 466 g/mol. The first kappa shape index (κ1) is 20.0. The number of nitrogens with one attached hydrogen (secondary N) is 1. The van der Waals surface area contributed by atoms with Crippen molar-refractivity contribution in [2.24, 2.45) is 0 Å². The summed E-state index contributed by atoms with van der Waals surface area (Å²) in [4.78, 5) is 27.0. The summed E-state index contributed by atoms with van der Waals surface area (Å²) in [5.74, 6) is 0.106. The summed E-state index contributed by atoms with van der Waals surface area (Å²) in [5.41, 5.74) is 3.27. The Bertz CT molecular complexity index is 1110. The fraction of sp³-hybridized carbons (Fsp3) is 0.130. The Hall–Kier alpha value is -3.32. The van der Waals surface area contributed by atoms with Gasteiger partial charge in [0.25, 0.3) is 5.91 Å². The van der Waals surface area contributed by atoms with Gasteiger partial charge in [0, 0.05) is 16.2 Å². The molecule has 1 aliphatic heterocycles. The van der Waals surface area contributed by atoms with E-state index in [0.29, 0.717) is 22.6 Å². The molecule has 1 heterocycles. The lowest BCUT2D eigenvalue weighted by Gasteiger charge is -2.38. The Kier molecular flexibility index (Phi) is 5.46. The van der Waals surface area contributed by atoms with E-state index in [9.17, 15) is 9.59 Å². The van der Waals surface area contributed by atoms with Gasteiger partial charge in [-0.15, -0.1) is 0 Å². The van der Waals surface area contributed by atoms with E-state index >= 15 is 0 Å². The van der Waals surface area contributed by atoms with Gasteiger partial charge in [0.2, 0.25) is 0 Å². The average molecular weight is 467 g/mol. The first-order chi connectivity index (χ1) is 14.5. The quantitative estimate of drug-likeness (QED) is 0.547. The molecule has 3 aromatic carbocycles. The van der Waals surface area contributed by atoms with E-state index in [2.05, 4.69) is 21.2 Å². The predicted molar refractivity (Wildman–Crippen MR) is 118 cm³/mol. The van der Waals surface area contributed by atoms with Crippen molar-refractivity contribution in [2.75, 3.05) is 24.4 Å². The van der Waals surface area contributed by atoms with E-state index in [-0.39, 0.29) is 5.91 Å². The molecular weight excluding hydrogens is 448 g/mol. The minimum absolute atomic E-state index is 0.139. The third kappa shape index (κ3) is 3.64. The number of nitrogens with zero attached hydrogens (tertiary/aromatic N) is 1. The molecule has 152 valence electrons. The van der Waals surface area contributed by atoms with Crippen molar-refractivity contribution in [3.63, 3.8) is 0 Å². The van der Waals surface area contributed by atoms with Crippen molar-refractivity contribution < 1.29 is 19.1 Å². The summed E-state index contributed by atoms with van der Waals surface area (Å²) in [7, 11) is 2.93. The number of methoxy groups -OCH3 is 2. The molecule has 3 aromatic rings. The smallest absolute Gasteiger partial charge is 0.337 e. The van der Waals surface area contributed by atoms with E-state index in [4.69, 9.17) is 9.47 Å². The van der Waals surface area contributed by atoms with Gasteiger partial charge in [-0.2, -0.15) is 0 Å². The van der Waals surface area contributed by atoms with Crippen molar-refractivity contribution in [1.82, 2.24) is 0 Å². The van der Waals surface area contributed by atoms with Crippen molar-refractivity contribution in [1.29, 1.82) is 0 Å². The lowest BCUT2D eigenvalue weighted by atomic mass is 10.0. The van der Waals surface area contributed by atoms with E-state index in [1.54, 1.807) is 30.2 Å². The zero-order valence-corrected chi connectivity index (χ0v) is 18.0. The molecular formula is C23H19BrN2O4. The fourth-order valence-electron chi connectivity index (χ4n) is 3.46. The van der Waals surface area contributed by atoms with Gasteiger partial charge in [-0.1, -0.05) is 34.1 Å². The summed E-state index contributed by atoms with van der Waals surface area (Å²) >= 11 is 3.44. The predicted octanol–water partition coefficient (Wildman–Crippen LogP) is 5.02. The molecule has 1 unspecified atom stereocenters. The lowest BCUT2D eigenvalue weighted by molar-refractivity contribution is 0.0600. The Morgan fingerprint density at radius 1 is 1.03 bits per heavy atom. The topological polar surface area (TPSA) is 67.9 Å². The third-order valence-electron chi connectivity index (χ3n) is 4.96. The molecule has 0 saturated heterocycles. The number of anilines is 2. The zero-order chi connectivity index (χ0) is 21.3. The largest absolute Gasteiger partial charge is 0.497 e. The van der Waals surface area contributed by atoms with Gasteiger partial charge >= 0.3 is 5.97 Å². The van der Waals surface area contributed by atoms with Gasteiger partial charge in [0.05, 0.1) is 31.0 Å². The highest BCUT2D eigenvalue weighted by Gasteiger charge is 2.34. The van der Waals surface area contributed by atoms with Gasteiger partial charge < -0.3 is 14.8 Å². The maximum atomic E-state index is 13.5. The van der Waals surface area contributed by atoms with E-state index in [1.165, 1.54) is 7.11 Å². The van der Waals surface area contributed by atoms with Crippen LogP contribution in [0.2, 0.25) is 0 Å². The van der Waals surface area contributed by atoms with Crippen LogP contribution in [0.15, 0.2) is 71.2 Å². The Morgan fingerprint density at radius 3 is 2.50 bits per heavy atom. The normalized spacial score (nSPS) is 15.2. The molecule has 6 nitrogen and oxygen atoms in total. The Balaban J connectivity index is 1.82. The number of hydrogen-bond donors (Lipinski definition) is 1. The van der Waals surface area contributed by atoms with Gasteiger partial charge in [-0.25, -0.2) is 4.79 Å². The van der Waals surface area contributed by atoms with Crippen molar-refractivity contribution >= 4 is 39.2 Å². The number of rotatable bonds is 4. The molecule has 0 radical (unpaired) electrons. The van der Waals surface area contributed by atoms with Crippen LogP contribution in [0, 0.1) is 0 Å². The zero-order valence-electron chi connectivity index (χ0n) is 16.4. The average Bonchev–Trinajstić information content (AvgIpc) is 2.79. The van der Waals surface area contributed by atoms with Gasteiger partial charge in [0.15, 0.2) is 0 Å². The molecule has 7 heteroatoms. The van der Waals surface area contributed by atoms with E-state index in [1.807, 2.05) is 48.5 Å². The van der Waals surface area contributed by atoms with Gasteiger partial charge in [0.1, 0.15) is 11.9 Å². The Morgan fingerprint density at radius 2 is 1.80 bits per heavy atom. The van der Waals surface area contributed by atoms with Crippen LogP contribution in [-0.2, 0) is 4.74 Å². The van der Waals surface area contributed by atoms with Crippen LogP contribution in [0.4, 0.5) is 11.4 Å². The molecule has 0 aliphatic carbocycles. The number of ether oxygens (including phenoxy) is 2. The summed E-state index contributed by atoms with van der Waals surface area (Å²) in [5, 5.41) is 3.45. The highest BCUT2D eigenvalue weighted by molar-refractivity contribution is 9.10. The number of hydrogen-bond acceptors (Lipinski definition) is 5.